The van der Waals surface area contributed by atoms with E-state index < -0.39 is 5.97 Å². The second-order valence-corrected chi connectivity index (χ2v) is 4.86. The van der Waals surface area contributed by atoms with Crippen molar-refractivity contribution in [2.75, 3.05) is 0 Å². The Hall–Kier alpha value is -1.65. The number of aryl methyl sites for hydroxylation is 1. The molecule has 0 bridgehead atoms. The molecule has 0 spiro atoms. The summed E-state index contributed by atoms with van der Waals surface area (Å²) >= 11 is 11.8. The summed E-state index contributed by atoms with van der Waals surface area (Å²) in [4.78, 5) is 19.1. The van der Waals surface area contributed by atoms with Crippen molar-refractivity contribution in [1.29, 1.82) is 0 Å². The molecule has 4 nitrogen and oxygen atoms in total. The molecule has 0 fully saturated rings. The van der Waals surface area contributed by atoms with E-state index in [-0.39, 0.29) is 5.69 Å². The number of rotatable bonds is 3. The molecule has 1 aromatic carbocycles. The van der Waals surface area contributed by atoms with Gasteiger partial charge in [0.1, 0.15) is 5.82 Å². The van der Waals surface area contributed by atoms with Gasteiger partial charge in [-0.3, -0.25) is 0 Å². The van der Waals surface area contributed by atoms with Crippen LogP contribution in [0.3, 0.4) is 0 Å². The van der Waals surface area contributed by atoms with E-state index in [9.17, 15) is 4.79 Å². The lowest BCUT2D eigenvalue weighted by Gasteiger charge is -2.05. The second-order valence-electron chi connectivity index (χ2n) is 4.04. The van der Waals surface area contributed by atoms with Gasteiger partial charge in [0.25, 0.3) is 0 Å². The number of carboxylic acid groups (broad SMARTS) is 1. The van der Waals surface area contributed by atoms with Gasteiger partial charge in [-0.15, -0.1) is 0 Å². The Morgan fingerprint density at radius 1 is 1.21 bits per heavy atom. The molecule has 0 unspecified atom stereocenters. The highest BCUT2D eigenvalue weighted by atomic mass is 35.5. The lowest BCUT2D eigenvalue weighted by molar-refractivity contribution is 0.0689. The Bertz CT molecular complexity index is 645. The third-order valence-corrected chi connectivity index (χ3v) is 3.20. The molecular formula is C13H10Cl2N2O2. The number of nitrogens with zero attached hydrogens (tertiary/aromatic N) is 2. The van der Waals surface area contributed by atoms with E-state index in [0.717, 1.165) is 5.56 Å². The minimum atomic E-state index is -1.07. The van der Waals surface area contributed by atoms with Crippen molar-refractivity contribution in [2.45, 2.75) is 13.3 Å². The van der Waals surface area contributed by atoms with Gasteiger partial charge < -0.3 is 5.11 Å². The number of carbonyl (C=O) groups is 1. The van der Waals surface area contributed by atoms with Crippen molar-refractivity contribution < 1.29 is 9.90 Å². The van der Waals surface area contributed by atoms with Crippen LogP contribution in [0.15, 0.2) is 24.3 Å². The van der Waals surface area contributed by atoms with Gasteiger partial charge in [0.15, 0.2) is 5.69 Å². The van der Waals surface area contributed by atoms with Gasteiger partial charge in [-0.05, 0) is 30.7 Å². The minimum Gasteiger partial charge on any atom is -0.477 e. The molecule has 1 aromatic heterocycles. The highest BCUT2D eigenvalue weighted by Gasteiger charge is 2.09. The largest absolute Gasteiger partial charge is 0.477 e. The van der Waals surface area contributed by atoms with Crippen molar-refractivity contribution in [3.8, 4) is 0 Å². The monoisotopic (exact) mass is 296 g/mol. The van der Waals surface area contributed by atoms with Crippen LogP contribution in [0.1, 0.15) is 27.6 Å². The molecule has 98 valence electrons. The third-order valence-electron chi connectivity index (χ3n) is 2.47. The average molecular weight is 297 g/mol. The number of benzene rings is 1. The number of halogens is 2. The molecule has 0 atom stereocenters. The van der Waals surface area contributed by atoms with Crippen molar-refractivity contribution in [3.05, 3.63) is 57.1 Å². The van der Waals surface area contributed by atoms with Crippen LogP contribution in [0.5, 0.6) is 0 Å². The summed E-state index contributed by atoms with van der Waals surface area (Å²) in [5, 5.41) is 9.87. The van der Waals surface area contributed by atoms with Gasteiger partial charge in [0.2, 0.25) is 0 Å². The van der Waals surface area contributed by atoms with Gasteiger partial charge >= 0.3 is 5.97 Å². The summed E-state index contributed by atoms with van der Waals surface area (Å²) in [5.41, 5.74) is 1.47. The van der Waals surface area contributed by atoms with Crippen molar-refractivity contribution in [1.82, 2.24) is 9.97 Å². The second kappa shape index (κ2) is 5.55. The zero-order valence-electron chi connectivity index (χ0n) is 10.0. The predicted molar refractivity (Wildman–Crippen MR) is 73.0 cm³/mol. The molecule has 6 heteroatoms. The SMILES string of the molecule is Cc1cc(C(=O)O)nc(Cc2ccc(Cl)c(Cl)c2)n1. The van der Waals surface area contributed by atoms with Crippen LogP contribution in [-0.2, 0) is 6.42 Å². The van der Waals surface area contributed by atoms with Crippen molar-refractivity contribution in [2.24, 2.45) is 0 Å². The van der Waals surface area contributed by atoms with E-state index in [1.54, 1.807) is 25.1 Å². The number of hydrogen-bond donors (Lipinski definition) is 1. The van der Waals surface area contributed by atoms with Gasteiger partial charge in [-0.1, -0.05) is 29.3 Å². The van der Waals surface area contributed by atoms with Gasteiger partial charge in [0.05, 0.1) is 10.0 Å². The van der Waals surface area contributed by atoms with Crippen LogP contribution < -0.4 is 0 Å². The molecule has 0 aliphatic carbocycles. The lowest BCUT2D eigenvalue weighted by Crippen LogP contribution is -2.07. The summed E-state index contributed by atoms with van der Waals surface area (Å²) in [6.07, 6.45) is 0.402. The van der Waals surface area contributed by atoms with Crippen LogP contribution in [0, 0.1) is 6.92 Å². The molecule has 0 aliphatic heterocycles. The smallest absolute Gasteiger partial charge is 0.354 e. The summed E-state index contributed by atoms with van der Waals surface area (Å²) in [5.74, 6) is -0.628. The van der Waals surface area contributed by atoms with Gasteiger partial charge in [-0.25, -0.2) is 14.8 Å². The molecule has 2 rings (SSSR count). The van der Waals surface area contributed by atoms with Gasteiger partial charge in [0, 0.05) is 12.1 Å². The van der Waals surface area contributed by atoms with E-state index in [4.69, 9.17) is 28.3 Å². The zero-order valence-corrected chi connectivity index (χ0v) is 11.5. The fourth-order valence-electron chi connectivity index (χ4n) is 1.65. The first-order chi connectivity index (χ1) is 8.95. The molecule has 19 heavy (non-hydrogen) atoms. The minimum absolute atomic E-state index is 0.0115. The maximum absolute atomic E-state index is 10.9. The van der Waals surface area contributed by atoms with Gasteiger partial charge in [-0.2, -0.15) is 0 Å². The number of carboxylic acids is 1. The normalized spacial score (nSPS) is 10.5. The fourth-order valence-corrected chi connectivity index (χ4v) is 1.97. The molecule has 1 heterocycles. The van der Waals surface area contributed by atoms with Crippen molar-refractivity contribution in [3.63, 3.8) is 0 Å². The highest BCUT2D eigenvalue weighted by Crippen LogP contribution is 2.23. The zero-order chi connectivity index (χ0) is 14.0. The Balaban J connectivity index is 2.32. The maximum atomic E-state index is 10.9. The first-order valence-corrected chi connectivity index (χ1v) is 6.23. The Morgan fingerprint density at radius 3 is 2.58 bits per heavy atom. The van der Waals surface area contributed by atoms with E-state index in [1.807, 2.05) is 0 Å². The number of aromatic nitrogens is 2. The molecule has 0 saturated carbocycles. The third kappa shape index (κ3) is 3.43. The summed E-state index contributed by atoms with van der Waals surface area (Å²) in [6, 6.07) is 6.64. The predicted octanol–water partition coefficient (Wildman–Crippen LogP) is 3.38. The van der Waals surface area contributed by atoms with E-state index in [0.29, 0.717) is 28.0 Å². The molecule has 0 saturated heterocycles. The summed E-state index contributed by atoms with van der Waals surface area (Å²) in [7, 11) is 0. The fraction of sp³-hybridized carbons (Fsp3) is 0.154. The van der Waals surface area contributed by atoms with Crippen LogP contribution in [-0.4, -0.2) is 21.0 Å². The summed E-state index contributed by atoms with van der Waals surface area (Å²) in [6.45, 7) is 1.73. The van der Waals surface area contributed by atoms with E-state index >= 15 is 0 Å². The highest BCUT2D eigenvalue weighted by molar-refractivity contribution is 6.42. The van der Waals surface area contributed by atoms with Crippen LogP contribution in [0.25, 0.3) is 0 Å². The summed E-state index contributed by atoms with van der Waals surface area (Å²) < 4.78 is 0. The number of aromatic carboxylic acids is 1. The molecule has 0 amide bonds. The topological polar surface area (TPSA) is 63.1 Å². The van der Waals surface area contributed by atoms with E-state index in [2.05, 4.69) is 9.97 Å². The Morgan fingerprint density at radius 2 is 1.95 bits per heavy atom. The maximum Gasteiger partial charge on any atom is 0.354 e. The molecule has 2 aromatic rings. The molecule has 0 aliphatic rings. The number of hydrogen-bond acceptors (Lipinski definition) is 3. The molecular weight excluding hydrogens is 287 g/mol. The molecule has 1 N–H and O–H groups in total. The van der Waals surface area contributed by atoms with Crippen LogP contribution in [0.2, 0.25) is 10.0 Å². The Kier molecular flexibility index (Phi) is 4.02. The molecule has 0 radical (unpaired) electrons. The van der Waals surface area contributed by atoms with Crippen LogP contribution in [0.4, 0.5) is 0 Å². The lowest BCUT2D eigenvalue weighted by atomic mass is 10.1. The average Bonchev–Trinajstić information content (AvgIpc) is 2.33. The first-order valence-electron chi connectivity index (χ1n) is 5.47. The van der Waals surface area contributed by atoms with Crippen LogP contribution >= 0.6 is 23.2 Å². The first kappa shape index (κ1) is 13.8. The standard InChI is InChI=1S/C13H10Cl2N2O2/c1-7-4-11(13(18)19)17-12(16-7)6-8-2-3-9(14)10(15)5-8/h2-5H,6H2,1H3,(H,18,19). The quantitative estimate of drug-likeness (QED) is 0.943. The Labute approximate surface area is 120 Å². The van der Waals surface area contributed by atoms with Crippen molar-refractivity contribution >= 4 is 29.2 Å². The van der Waals surface area contributed by atoms with E-state index in [1.165, 1.54) is 6.07 Å².